The summed E-state index contributed by atoms with van der Waals surface area (Å²) in [5.74, 6) is 0.495. The zero-order valence-electron chi connectivity index (χ0n) is 14.4. The lowest BCUT2D eigenvalue weighted by atomic mass is 10.1. The van der Waals surface area contributed by atoms with Crippen LogP contribution in [0.5, 0.6) is 0 Å². The van der Waals surface area contributed by atoms with Crippen molar-refractivity contribution < 1.29 is 9.53 Å². The molecule has 3 aromatic rings. The second-order valence-corrected chi connectivity index (χ2v) is 5.86. The standard InChI is InChI=1S/C19H20N4O2/c1-13-9-11-16(12-10-13)17-18(23(3)22-21-17)20-19(24)25-14(2)15-7-5-4-6-8-15/h4-12,14H,1-3H3,(H,20,24). The Labute approximate surface area is 146 Å². The molecule has 0 spiro atoms. The minimum atomic E-state index is -0.546. The summed E-state index contributed by atoms with van der Waals surface area (Å²) in [7, 11) is 1.72. The van der Waals surface area contributed by atoms with E-state index in [0.29, 0.717) is 11.5 Å². The van der Waals surface area contributed by atoms with Crippen molar-refractivity contribution in [1.29, 1.82) is 0 Å². The Balaban J connectivity index is 1.75. The number of nitrogens with one attached hydrogen (secondary N) is 1. The fourth-order valence-corrected chi connectivity index (χ4v) is 2.48. The normalized spacial score (nSPS) is 11.8. The van der Waals surface area contributed by atoms with Crippen molar-refractivity contribution in [2.75, 3.05) is 5.32 Å². The number of carbonyl (C=O) groups is 1. The van der Waals surface area contributed by atoms with E-state index in [2.05, 4.69) is 15.6 Å². The van der Waals surface area contributed by atoms with Crippen LogP contribution in [0.1, 0.15) is 24.2 Å². The van der Waals surface area contributed by atoms with E-state index in [1.165, 1.54) is 4.68 Å². The van der Waals surface area contributed by atoms with Crippen LogP contribution < -0.4 is 5.32 Å². The molecular formula is C19H20N4O2. The molecule has 1 N–H and O–H groups in total. The highest BCUT2D eigenvalue weighted by Crippen LogP contribution is 2.26. The maximum Gasteiger partial charge on any atom is 0.413 e. The highest BCUT2D eigenvalue weighted by molar-refractivity contribution is 5.88. The Morgan fingerprint density at radius 1 is 1.12 bits per heavy atom. The number of benzene rings is 2. The molecule has 3 rings (SSSR count). The van der Waals surface area contributed by atoms with Crippen molar-refractivity contribution in [3.05, 3.63) is 65.7 Å². The number of hydrogen-bond donors (Lipinski definition) is 1. The van der Waals surface area contributed by atoms with Crippen molar-refractivity contribution in [3.8, 4) is 11.3 Å². The van der Waals surface area contributed by atoms with Crippen LogP contribution in [-0.4, -0.2) is 21.1 Å². The number of anilines is 1. The summed E-state index contributed by atoms with van der Waals surface area (Å²) in [4.78, 5) is 12.3. The van der Waals surface area contributed by atoms with Crippen LogP contribution in [0.15, 0.2) is 54.6 Å². The van der Waals surface area contributed by atoms with Crippen LogP contribution >= 0.6 is 0 Å². The summed E-state index contributed by atoms with van der Waals surface area (Å²) in [6.07, 6.45) is -0.902. The first-order valence-corrected chi connectivity index (χ1v) is 8.04. The summed E-state index contributed by atoms with van der Waals surface area (Å²) < 4.78 is 6.97. The SMILES string of the molecule is Cc1ccc(-c2nnn(C)c2NC(=O)OC(C)c2ccccc2)cc1. The molecule has 0 aliphatic heterocycles. The predicted molar refractivity (Wildman–Crippen MR) is 96.1 cm³/mol. The second kappa shape index (κ2) is 7.17. The van der Waals surface area contributed by atoms with Crippen molar-refractivity contribution in [1.82, 2.24) is 15.0 Å². The van der Waals surface area contributed by atoms with E-state index in [-0.39, 0.29) is 6.10 Å². The molecule has 6 heteroatoms. The molecule has 0 saturated heterocycles. The third kappa shape index (κ3) is 3.85. The fourth-order valence-electron chi connectivity index (χ4n) is 2.48. The number of hydrogen-bond acceptors (Lipinski definition) is 4. The first-order valence-electron chi connectivity index (χ1n) is 8.04. The fraction of sp³-hybridized carbons (Fsp3) is 0.211. The number of rotatable bonds is 4. The maximum absolute atomic E-state index is 12.3. The number of aryl methyl sites for hydroxylation is 2. The van der Waals surface area contributed by atoms with Crippen LogP contribution in [0.25, 0.3) is 11.3 Å². The monoisotopic (exact) mass is 336 g/mol. The third-order valence-corrected chi connectivity index (χ3v) is 3.93. The molecule has 0 fully saturated rings. The van der Waals surface area contributed by atoms with Crippen LogP contribution in [0, 0.1) is 6.92 Å². The van der Waals surface area contributed by atoms with E-state index < -0.39 is 6.09 Å². The summed E-state index contributed by atoms with van der Waals surface area (Å²) in [5.41, 5.74) is 3.56. The van der Waals surface area contributed by atoms with Crippen LogP contribution in [-0.2, 0) is 11.8 Å². The molecule has 2 aromatic carbocycles. The van der Waals surface area contributed by atoms with Gasteiger partial charge in [0, 0.05) is 12.6 Å². The van der Waals surface area contributed by atoms with Crippen LogP contribution in [0.4, 0.5) is 10.6 Å². The van der Waals surface area contributed by atoms with Gasteiger partial charge in [0.1, 0.15) is 11.8 Å². The summed E-state index contributed by atoms with van der Waals surface area (Å²) >= 11 is 0. The molecule has 1 atom stereocenters. The smallest absolute Gasteiger partial charge is 0.413 e. The summed E-state index contributed by atoms with van der Waals surface area (Å²) in [5, 5.41) is 10.9. The van der Waals surface area contributed by atoms with Gasteiger partial charge in [-0.25, -0.2) is 9.48 Å². The first-order chi connectivity index (χ1) is 12.0. The Bertz CT molecular complexity index is 857. The molecule has 0 saturated carbocycles. The van der Waals surface area contributed by atoms with Crippen molar-refractivity contribution in [2.45, 2.75) is 20.0 Å². The third-order valence-electron chi connectivity index (χ3n) is 3.93. The van der Waals surface area contributed by atoms with Gasteiger partial charge in [0.15, 0.2) is 5.82 Å². The number of carbonyl (C=O) groups excluding carboxylic acids is 1. The molecule has 0 radical (unpaired) electrons. The van der Waals surface area contributed by atoms with Gasteiger partial charge in [-0.15, -0.1) is 5.10 Å². The van der Waals surface area contributed by atoms with Gasteiger partial charge in [0.2, 0.25) is 0 Å². The maximum atomic E-state index is 12.3. The van der Waals surface area contributed by atoms with Crippen molar-refractivity contribution >= 4 is 11.9 Å². The number of aromatic nitrogens is 3. The van der Waals surface area contributed by atoms with Crippen LogP contribution in [0.2, 0.25) is 0 Å². The molecule has 1 heterocycles. The molecule has 0 aliphatic carbocycles. The highest BCUT2D eigenvalue weighted by Gasteiger charge is 2.18. The highest BCUT2D eigenvalue weighted by atomic mass is 16.6. The van der Waals surface area contributed by atoms with E-state index in [0.717, 1.165) is 16.7 Å². The van der Waals surface area contributed by atoms with Crippen molar-refractivity contribution in [3.63, 3.8) is 0 Å². The van der Waals surface area contributed by atoms with Crippen molar-refractivity contribution in [2.24, 2.45) is 7.05 Å². The Kier molecular flexibility index (Phi) is 4.79. The summed E-state index contributed by atoms with van der Waals surface area (Å²) in [6.45, 7) is 3.85. The van der Waals surface area contributed by atoms with Gasteiger partial charge >= 0.3 is 6.09 Å². The Morgan fingerprint density at radius 2 is 1.80 bits per heavy atom. The van der Waals surface area contributed by atoms with Gasteiger partial charge < -0.3 is 4.74 Å². The van der Waals surface area contributed by atoms with E-state index in [4.69, 9.17) is 4.74 Å². The zero-order chi connectivity index (χ0) is 17.8. The van der Waals surface area contributed by atoms with Gasteiger partial charge in [-0.3, -0.25) is 5.32 Å². The van der Waals surface area contributed by atoms with E-state index in [1.807, 2.05) is 68.4 Å². The number of nitrogens with zero attached hydrogens (tertiary/aromatic N) is 3. The topological polar surface area (TPSA) is 69.0 Å². The quantitative estimate of drug-likeness (QED) is 0.779. The molecule has 0 aliphatic rings. The Morgan fingerprint density at radius 3 is 2.48 bits per heavy atom. The Hall–Kier alpha value is -3.15. The molecule has 0 bridgehead atoms. The predicted octanol–water partition coefficient (Wildman–Crippen LogP) is 4.10. The average molecular weight is 336 g/mol. The first kappa shape index (κ1) is 16.7. The average Bonchev–Trinajstić information content (AvgIpc) is 2.97. The molecule has 1 unspecified atom stereocenters. The largest absolute Gasteiger partial charge is 0.441 e. The lowest BCUT2D eigenvalue weighted by Gasteiger charge is -2.14. The molecule has 6 nitrogen and oxygen atoms in total. The van der Waals surface area contributed by atoms with Crippen LogP contribution in [0.3, 0.4) is 0 Å². The minimum absolute atomic E-state index is 0.356. The molecule has 1 aromatic heterocycles. The molecule has 25 heavy (non-hydrogen) atoms. The molecular weight excluding hydrogens is 316 g/mol. The lowest BCUT2D eigenvalue weighted by Crippen LogP contribution is -2.18. The summed E-state index contributed by atoms with van der Waals surface area (Å²) in [6, 6.07) is 17.5. The lowest BCUT2D eigenvalue weighted by molar-refractivity contribution is 0.121. The van der Waals surface area contributed by atoms with Gasteiger partial charge in [-0.2, -0.15) is 0 Å². The van der Waals surface area contributed by atoms with E-state index >= 15 is 0 Å². The van der Waals surface area contributed by atoms with E-state index in [1.54, 1.807) is 7.05 Å². The molecule has 1 amide bonds. The zero-order valence-corrected chi connectivity index (χ0v) is 14.4. The van der Waals surface area contributed by atoms with Gasteiger partial charge in [-0.1, -0.05) is 65.4 Å². The number of ether oxygens (including phenoxy) is 1. The van der Waals surface area contributed by atoms with E-state index in [9.17, 15) is 4.79 Å². The number of amides is 1. The second-order valence-electron chi connectivity index (χ2n) is 5.86. The van der Waals surface area contributed by atoms with Gasteiger partial charge in [0.25, 0.3) is 0 Å². The van der Waals surface area contributed by atoms with Gasteiger partial charge in [-0.05, 0) is 19.4 Å². The molecule has 128 valence electrons. The van der Waals surface area contributed by atoms with Gasteiger partial charge in [0.05, 0.1) is 0 Å². The minimum Gasteiger partial charge on any atom is -0.441 e.